The monoisotopic (exact) mass is 347 g/mol. The van der Waals surface area contributed by atoms with Crippen molar-refractivity contribution in [2.45, 2.75) is 12.5 Å². The first-order valence-corrected chi connectivity index (χ1v) is 8.40. The van der Waals surface area contributed by atoms with Gasteiger partial charge in [0.1, 0.15) is 5.75 Å². The van der Waals surface area contributed by atoms with Crippen LogP contribution in [0.25, 0.3) is 10.9 Å². The molecule has 1 unspecified atom stereocenters. The van der Waals surface area contributed by atoms with Crippen LogP contribution in [0.15, 0.2) is 42.5 Å². The lowest BCUT2D eigenvalue weighted by molar-refractivity contribution is -0.122. The van der Waals surface area contributed by atoms with Gasteiger partial charge in [-0.2, -0.15) is 0 Å². The van der Waals surface area contributed by atoms with Gasteiger partial charge >= 0.3 is 6.03 Å². The zero-order valence-electron chi connectivity index (χ0n) is 14.7. The summed E-state index contributed by atoms with van der Waals surface area (Å²) in [5, 5.41) is 3.95. The largest absolute Gasteiger partial charge is 0.497 e. The summed E-state index contributed by atoms with van der Waals surface area (Å²) in [6.07, 6.45) is 0. The van der Waals surface area contributed by atoms with Crippen LogP contribution in [0.4, 0.5) is 10.5 Å². The molecular formula is C20H17N3O3. The average molecular weight is 347 g/mol. The molecule has 0 saturated heterocycles. The number of amides is 2. The number of nitrogens with zero attached hydrogens (tertiary/aromatic N) is 2. The number of carbonyl (C=O) groups is 2. The highest BCUT2D eigenvalue weighted by Gasteiger charge is 2.55. The number of fused-ring (bicyclic) bond motifs is 3. The maximum atomic E-state index is 13.4. The van der Waals surface area contributed by atoms with E-state index in [9.17, 15) is 9.59 Å². The highest BCUT2D eigenvalue weighted by Crippen LogP contribution is 2.48. The second kappa shape index (κ2) is 4.66. The van der Waals surface area contributed by atoms with Crippen molar-refractivity contribution >= 4 is 28.5 Å². The molecule has 130 valence electrons. The minimum absolute atomic E-state index is 0.174. The first-order valence-electron chi connectivity index (χ1n) is 8.40. The van der Waals surface area contributed by atoms with Gasteiger partial charge in [-0.3, -0.25) is 9.36 Å². The van der Waals surface area contributed by atoms with Gasteiger partial charge in [0.2, 0.25) is 0 Å². The molecule has 1 N–H and O–H groups in total. The average Bonchev–Trinajstić information content (AvgIpc) is 3.08. The molecule has 2 aliphatic heterocycles. The number of benzene rings is 2. The van der Waals surface area contributed by atoms with E-state index >= 15 is 0 Å². The van der Waals surface area contributed by atoms with Crippen molar-refractivity contribution in [3.63, 3.8) is 0 Å². The number of anilines is 1. The van der Waals surface area contributed by atoms with E-state index in [-0.39, 0.29) is 11.9 Å². The third-order valence-electron chi connectivity index (χ3n) is 5.50. The lowest BCUT2D eigenvalue weighted by Crippen LogP contribution is -2.57. The zero-order chi connectivity index (χ0) is 18.2. The number of rotatable bonds is 1. The molecule has 6 nitrogen and oxygen atoms in total. The molecule has 0 saturated carbocycles. The standard InChI is InChI=1S/C20H17N3O3/c1-11-9-12-5-4-6-14-17(12)23(11)19(25)21-20(14)15-10-13(26-3)7-8-16(15)22(2)18(20)24/h4-10H,1-3H3,(H,21,25). The van der Waals surface area contributed by atoms with Crippen molar-refractivity contribution in [3.8, 4) is 5.75 Å². The number of aromatic nitrogens is 1. The lowest BCUT2D eigenvalue weighted by Gasteiger charge is -2.35. The Labute approximate surface area is 150 Å². The van der Waals surface area contributed by atoms with Crippen molar-refractivity contribution in [1.29, 1.82) is 0 Å². The lowest BCUT2D eigenvalue weighted by atomic mass is 9.81. The molecule has 2 aliphatic rings. The number of nitrogens with one attached hydrogen (secondary N) is 1. The first-order chi connectivity index (χ1) is 12.5. The highest BCUT2D eigenvalue weighted by atomic mass is 16.5. The van der Waals surface area contributed by atoms with Gasteiger partial charge in [0, 0.05) is 29.3 Å². The van der Waals surface area contributed by atoms with Crippen LogP contribution in [-0.4, -0.2) is 30.7 Å². The molecule has 1 aromatic heterocycles. The van der Waals surface area contributed by atoms with Crippen molar-refractivity contribution in [3.05, 3.63) is 59.3 Å². The molecule has 0 aliphatic carbocycles. The summed E-state index contributed by atoms with van der Waals surface area (Å²) in [7, 11) is 3.32. The second-order valence-corrected chi connectivity index (χ2v) is 6.79. The van der Waals surface area contributed by atoms with Crippen LogP contribution >= 0.6 is 0 Å². The molecule has 0 radical (unpaired) electrons. The molecule has 2 aromatic carbocycles. The van der Waals surface area contributed by atoms with E-state index < -0.39 is 5.54 Å². The minimum Gasteiger partial charge on any atom is -0.497 e. The van der Waals surface area contributed by atoms with Crippen LogP contribution in [0.2, 0.25) is 0 Å². The van der Waals surface area contributed by atoms with Crippen LogP contribution in [-0.2, 0) is 10.3 Å². The first kappa shape index (κ1) is 15.0. The number of para-hydroxylation sites is 1. The topological polar surface area (TPSA) is 63.6 Å². The number of carbonyl (C=O) groups excluding carboxylic acids is 2. The molecule has 26 heavy (non-hydrogen) atoms. The number of ether oxygens (including phenoxy) is 1. The molecule has 2 amide bonds. The molecule has 6 heteroatoms. The number of hydrogen-bond acceptors (Lipinski definition) is 3. The number of aryl methyl sites for hydroxylation is 1. The van der Waals surface area contributed by atoms with Gasteiger partial charge in [-0.25, -0.2) is 4.79 Å². The third kappa shape index (κ3) is 1.52. The fraction of sp³-hybridized carbons (Fsp3) is 0.200. The predicted octanol–water partition coefficient (Wildman–Crippen LogP) is 2.75. The molecular weight excluding hydrogens is 330 g/mol. The Hall–Kier alpha value is -3.28. The molecule has 1 spiro atoms. The van der Waals surface area contributed by atoms with E-state index in [1.807, 2.05) is 49.4 Å². The van der Waals surface area contributed by atoms with E-state index in [0.717, 1.165) is 33.4 Å². The Balaban J connectivity index is 1.93. The molecule has 0 fully saturated rings. The summed E-state index contributed by atoms with van der Waals surface area (Å²) in [4.78, 5) is 28.0. The van der Waals surface area contributed by atoms with Crippen LogP contribution < -0.4 is 15.0 Å². The summed E-state index contributed by atoms with van der Waals surface area (Å²) >= 11 is 0. The molecule has 3 heterocycles. The van der Waals surface area contributed by atoms with Gasteiger partial charge in [0.25, 0.3) is 5.91 Å². The van der Waals surface area contributed by atoms with Gasteiger partial charge in [-0.05, 0) is 31.2 Å². The maximum absolute atomic E-state index is 13.4. The summed E-state index contributed by atoms with van der Waals surface area (Å²) in [6, 6.07) is 13.0. The molecule has 3 aromatic rings. The number of likely N-dealkylation sites (N-methyl/N-ethyl adjacent to an activating group) is 1. The fourth-order valence-electron chi connectivity index (χ4n) is 4.33. The Morgan fingerprint density at radius 1 is 1.08 bits per heavy atom. The predicted molar refractivity (Wildman–Crippen MR) is 97.8 cm³/mol. The Kier molecular flexibility index (Phi) is 2.69. The summed E-state index contributed by atoms with van der Waals surface area (Å²) < 4.78 is 7.01. The van der Waals surface area contributed by atoms with Gasteiger partial charge in [-0.1, -0.05) is 18.2 Å². The molecule has 0 bridgehead atoms. The normalized spacial score (nSPS) is 20.7. The molecule has 5 rings (SSSR count). The van der Waals surface area contributed by atoms with Crippen LogP contribution in [0, 0.1) is 6.92 Å². The van der Waals surface area contributed by atoms with E-state index in [0.29, 0.717) is 5.75 Å². The van der Waals surface area contributed by atoms with Gasteiger partial charge in [0.15, 0.2) is 5.54 Å². The van der Waals surface area contributed by atoms with Crippen molar-refractivity contribution in [1.82, 2.24) is 9.88 Å². The summed E-state index contributed by atoms with van der Waals surface area (Å²) in [5.41, 5.74) is 2.66. The minimum atomic E-state index is -1.24. The summed E-state index contributed by atoms with van der Waals surface area (Å²) in [5.74, 6) is 0.469. The van der Waals surface area contributed by atoms with Crippen molar-refractivity contribution in [2.75, 3.05) is 19.1 Å². The van der Waals surface area contributed by atoms with Gasteiger partial charge in [-0.15, -0.1) is 0 Å². The third-order valence-corrected chi connectivity index (χ3v) is 5.50. The van der Waals surface area contributed by atoms with Crippen LogP contribution in [0.1, 0.15) is 16.8 Å². The quantitative estimate of drug-likeness (QED) is 0.736. The van der Waals surface area contributed by atoms with Crippen molar-refractivity contribution in [2.24, 2.45) is 0 Å². The van der Waals surface area contributed by atoms with Gasteiger partial charge < -0.3 is 15.0 Å². The van der Waals surface area contributed by atoms with Crippen LogP contribution in [0.3, 0.4) is 0 Å². The second-order valence-electron chi connectivity index (χ2n) is 6.79. The smallest absolute Gasteiger partial charge is 0.327 e. The van der Waals surface area contributed by atoms with Crippen LogP contribution in [0.5, 0.6) is 5.75 Å². The fourth-order valence-corrected chi connectivity index (χ4v) is 4.33. The number of methoxy groups -OCH3 is 1. The van der Waals surface area contributed by atoms with E-state index in [2.05, 4.69) is 5.32 Å². The summed E-state index contributed by atoms with van der Waals surface area (Å²) in [6.45, 7) is 1.89. The van der Waals surface area contributed by atoms with Gasteiger partial charge in [0.05, 0.1) is 18.3 Å². The SMILES string of the molecule is COc1ccc2c(c1)C1(NC(=O)n3c(C)cc4cccc1c43)C(=O)N2C. The molecule has 1 atom stereocenters. The van der Waals surface area contributed by atoms with Crippen molar-refractivity contribution < 1.29 is 14.3 Å². The van der Waals surface area contributed by atoms with E-state index in [1.165, 1.54) is 0 Å². The zero-order valence-corrected chi connectivity index (χ0v) is 14.7. The van der Waals surface area contributed by atoms with E-state index in [1.54, 1.807) is 23.6 Å². The Morgan fingerprint density at radius 2 is 1.88 bits per heavy atom. The highest BCUT2D eigenvalue weighted by molar-refractivity contribution is 6.15. The maximum Gasteiger partial charge on any atom is 0.327 e. The van der Waals surface area contributed by atoms with E-state index in [4.69, 9.17) is 4.74 Å². The number of hydrogen-bond donors (Lipinski definition) is 1. The Bertz CT molecular complexity index is 1130. The Morgan fingerprint density at radius 3 is 2.65 bits per heavy atom.